The fraction of sp³-hybridized carbons (Fsp3) is 0.294. The van der Waals surface area contributed by atoms with Crippen molar-refractivity contribution in [3.63, 3.8) is 0 Å². The Morgan fingerprint density at radius 2 is 1.96 bits per heavy atom. The quantitative estimate of drug-likeness (QED) is 0.778. The smallest absolute Gasteiger partial charge is 0.258 e. The first-order chi connectivity index (χ1) is 11.5. The van der Waals surface area contributed by atoms with E-state index in [2.05, 4.69) is 15.3 Å². The summed E-state index contributed by atoms with van der Waals surface area (Å²) in [6.45, 7) is 3.45. The molecule has 0 radical (unpaired) electrons. The van der Waals surface area contributed by atoms with E-state index < -0.39 is 0 Å². The molecule has 1 aromatic heterocycles. The van der Waals surface area contributed by atoms with Crippen molar-refractivity contribution in [2.75, 3.05) is 13.7 Å². The third kappa shape index (κ3) is 4.77. The molecule has 2 aromatic rings. The summed E-state index contributed by atoms with van der Waals surface area (Å²) in [5.74, 6) is 0.444. The number of ketones is 1. The van der Waals surface area contributed by atoms with Crippen LogP contribution in [0.2, 0.25) is 0 Å². The van der Waals surface area contributed by atoms with Gasteiger partial charge in [0.1, 0.15) is 6.33 Å². The van der Waals surface area contributed by atoms with E-state index in [1.807, 2.05) is 6.92 Å². The number of Topliss-reactive ketones (excluding diaryl/α,β-unsaturated/α-hetero) is 1. The minimum absolute atomic E-state index is 0.0715. The maximum Gasteiger partial charge on any atom is 0.258 e. The molecule has 126 valence electrons. The summed E-state index contributed by atoms with van der Waals surface area (Å²) >= 11 is 0. The molecule has 1 N–H and O–H groups in total. The second-order valence-electron chi connectivity index (χ2n) is 5.14. The summed E-state index contributed by atoms with van der Waals surface area (Å²) in [5, 5.41) is 2.71. The number of nitrogens with one attached hydrogen (secondary N) is 1. The van der Waals surface area contributed by atoms with Crippen molar-refractivity contribution in [1.82, 2.24) is 15.3 Å². The molecule has 0 saturated carbocycles. The van der Waals surface area contributed by atoms with Gasteiger partial charge in [-0.2, -0.15) is 0 Å². The Bertz CT molecular complexity index is 746. The Balaban J connectivity index is 1.90. The monoisotopic (exact) mass is 329 g/mol. The third-order valence-electron chi connectivity index (χ3n) is 3.26. The molecule has 0 spiro atoms. The summed E-state index contributed by atoms with van der Waals surface area (Å²) in [4.78, 5) is 31.3. The molecule has 0 aliphatic carbocycles. The predicted octanol–water partition coefficient (Wildman–Crippen LogP) is 1.69. The molecule has 0 aliphatic heterocycles. The van der Waals surface area contributed by atoms with Gasteiger partial charge in [0.2, 0.25) is 0 Å². The Labute approximate surface area is 140 Å². The molecule has 0 fully saturated rings. The molecule has 24 heavy (non-hydrogen) atoms. The highest BCUT2D eigenvalue weighted by Gasteiger charge is 2.10. The van der Waals surface area contributed by atoms with Crippen LogP contribution in [0, 0.1) is 6.92 Å². The first kappa shape index (κ1) is 17.4. The van der Waals surface area contributed by atoms with Gasteiger partial charge in [-0.25, -0.2) is 9.97 Å². The third-order valence-corrected chi connectivity index (χ3v) is 3.26. The second kappa shape index (κ2) is 8.05. The zero-order valence-electron chi connectivity index (χ0n) is 13.8. The van der Waals surface area contributed by atoms with Crippen LogP contribution in [0.3, 0.4) is 0 Å². The summed E-state index contributed by atoms with van der Waals surface area (Å²) < 4.78 is 10.6. The van der Waals surface area contributed by atoms with Gasteiger partial charge in [0.15, 0.2) is 23.9 Å². The standard InChI is InChI=1S/C17H19N3O4/c1-11-6-14(20-10-19-11)8-18-17(22)9-24-15-5-4-13(12(2)21)7-16(15)23-3/h4-7,10H,8-9H2,1-3H3,(H,18,22). The normalized spacial score (nSPS) is 10.1. The number of rotatable bonds is 7. The van der Waals surface area contributed by atoms with Gasteiger partial charge < -0.3 is 14.8 Å². The Morgan fingerprint density at radius 1 is 1.17 bits per heavy atom. The molecule has 1 aromatic carbocycles. The fourth-order valence-corrected chi connectivity index (χ4v) is 2.00. The highest BCUT2D eigenvalue weighted by Crippen LogP contribution is 2.28. The van der Waals surface area contributed by atoms with Gasteiger partial charge >= 0.3 is 0 Å². The lowest BCUT2D eigenvalue weighted by molar-refractivity contribution is -0.123. The van der Waals surface area contributed by atoms with Gasteiger partial charge in [0.25, 0.3) is 5.91 Å². The van der Waals surface area contributed by atoms with Gasteiger partial charge in [-0.15, -0.1) is 0 Å². The molecule has 1 amide bonds. The molecule has 7 heteroatoms. The van der Waals surface area contributed by atoms with E-state index >= 15 is 0 Å². The average Bonchev–Trinajstić information content (AvgIpc) is 2.58. The number of aryl methyl sites for hydroxylation is 1. The highest BCUT2D eigenvalue weighted by atomic mass is 16.5. The van der Waals surface area contributed by atoms with Crippen LogP contribution in [0.15, 0.2) is 30.6 Å². The molecular formula is C17H19N3O4. The summed E-state index contributed by atoms with van der Waals surface area (Å²) in [5.41, 5.74) is 2.07. The van der Waals surface area contributed by atoms with Crippen LogP contribution in [0.1, 0.15) is 28.7 Å². The number of ether oxygens (including phenoxy) is 2. The lowest BCUT2D eigenvalue weighted by Crippen LogP contribution is -2.28. The van der Waals surface area contributed by atoms with E-state index in [1.165, 1.54) is 20.4 Å². The molecular weight excluding hydrogens is 310 g/mol. The van der Waals surface area contributed by atoms with Gasteiger partial charge in [0, 0.05) is 11.3 Å². The van der Waals surface area contributed by atoms with E-state index in [0.717, 1.165) is 11.4 Å². The van der Waals surface area contributed by atoms with Gasteiger partial charge in [0.05, 0.1) is 19.3 Å². The van der Waals surface area contributed by atoms with Crippen molar-refractivity contribution in [1.29, 1.82) is 0 Å². The molecule has 0 aliphatic rings. The Hall–Kier alpha value is -2.96. The number of carbonyl (C=O) groups excluding carboxylic acids is 2. The molecule has 1 heterocycles. The fourth-order valence-electron chi connectivity index (χ4n) is 2.00. The van der Waals surface area contributed by atoms with Crippen molar-refractivity contribution in [3.8, 4) is 11.5 Å². The van der Waals surface area contributed by atoms with E-state index in [9.17, 15) is 9.59 Å². The zero-order chi connectivity index (χ0) is 17.5. The molecule has 0 unspecified atom stereocenters. The molecule has 0 atom stereocenters. The maximum absolute atomic E-state index is 11.9. The number of benzene rings is 1. The first-order valence-corrected chi connectivity index (χ1v) is 7.35. The topological polar surface area (TPSA) is 90.4 Å². The lowest BCUT2D eigenvalue weighted by Gasteiger charge is -2.11. The minimum Gasteiger partial charge on any atom is -0.493 e. The minimum atomic E-state index is -0.288. The second-order valence-corrected chi connectivity index (χ2v) is 5.14. The highest BCUT2D eigenvalue weighted by molar-refractivity contribution is 5.94. The first-order valence-electron chi connectivity index (χ1n) is 7.35. The predicted molar refractivity (Wildman–Crippen MR) is 87.1 cm³/mol. The van der Waals surface area contributed by atoms with Gasteiger partial charge in [-0.05, 0) is 38.1 Å². The van der Waals surface area contributed by atoms with Crippen LogP contribution >= 0.6 is 0 Å². The number of hydrogen-bond donors (Lipinski definition) is 1. The van der Waals surface area contributed by atoms with Crippen LogP contribution < -0.4 is 14.8 Å². The van der Waals surface area contributed by atoms with Crippen LogP contribution in [0.5, 0.6) is 11.5 Å². The van der Waals surface area contributed by atoms with Crippen molar-refractivity contribution in [2.24, 2.45) is 0 Å². The number of aromatic nitrogens is 2. The van der Waals surface area contributed by atoms with Crippen LogP contribution in [-0.2, 0) is 11.3 Å². The summed E-state index contributed by atoms with van der Waals surface area (Å²) in [6, 6.07) is 6.61. The number of hydrogen-bond acceptors (Lipinski definition) is 6. The lowest BCUT2D eigenvalue weighted by atomic mass is 10.1. The van der Waals surface area contributed by atoms with E-state index in [0.29, 0.717) is 23.6 Å². The van der Waals surface area contributed by atoms with Crippen LogP contribution in [-0.4, -0.2) is 35.4 Å². The molecule has 0 bridgehead atoms. The van der Waals surface area contributed by atoms with E-state index in [-0.39, 0.29) is 18.3 Å². The maximum atomic E-state index is 11.9. The largest absolute Gasteiger partial charge is 0.493 e. The van der Waals surface area contributed by atoms with Crippen molar-refractivity contribution in [3.05, 3.63) is 47.5 Å². The molecule has 0 saturated heterocycles. The number of amides is 1. The van der Waals surface area contributed by atoms with Gasteiger partial charge in [-0.1, -0.05) is 0 Å². The van der Waals surface area contributed by atoms with E-state index in [4.69, 9.17) is 9.47 Å². The van der Waals surface area contributed by atoms with E-state index in [1.54, 1.807) is 24.3 Å². The summed E-state index contributed by atoms with van der Waals surface area (Å²) in [7, 11) is 1.48. The van der Waals surface area contributed by atoms with Crippen molar-refractivity contribution >= 4 is 11.7 Å². The van der Waals surface area contributed by atoms with Crippen molar-refractivity contribution in [2.45, 2.75) is 20.4 Å². The van der Waals surface area contributed by atoms with Crippen LogP contribution in [0.25, 0.3) is 0 Å². The summed E-state index contributed by atoms with van der Waals surface area (Å²) in [6.07, 6.45) is 1.45. The number of methoxy groups -OCH3 is 1. The Kier molecular flexibility index (Phi) is 5.83. The van der Waals surface area contributed by atoms with Gasteiger partial charge in [-0.3, -0.25) is 9.59 Å². The van der Waals surface area contributed by atoms with Crippen LogP contribution in [0.4, 0.5) is 0 Å². The zero-order valence-corrected chi connectivity index (χ0v) is 13.8. The average molecular weight is 329 g/mol. The number of nitrogens with zero attached hydrogens (tertiary/aromatic N) is 2. The SMILES string of the molecule is COc1cc(C(C)=O)ccc1OCC(=O)NCc1cc(C)ncn1. The molecule has 2 rings (SSSR count). The molecule has 7 nitrogen and oxygen atoms in total. The van der Waals surface area contributed by atoms with Crippen molar-refractivity contribution < 1.29 is 19.1 Å². The Morgan fingerprint density at radius 3 is 2.62 bits per heavy atom. The number of carbonyl (C=O) groups is 2.